The molecule has 1 fully saturated rings. The lowest BCUT2D eigenvalue weighted by molar-refractivity contribution is 0.0953. The average molecular weight is 559 g/mol. The second kappa shape index (κ2) is 10.6. The Labute approximate surface area is 236 Å². The van der Waals surface area contributed by atoms with Crippen LogP contribution in [0, 0.1) is 11.6 Å². The first-order chi connectivity index (χ1) is 19.8. The van der Waals surface area contributed by atoms with Gasteiger partial charge in [-0.1, -0.05) is 19.9 Å². The highest BCUT2D eigenvalue weighted by molar-refractivity contribution is 6.01. The molecule has 0 radical (unpaired) electrons. The highest BCUT2D eigenvalue weighted by Gasteiger charge is 2.29. The average Bonchev–Trinajstić information content (AvgIpc) is 2.95. The summed E-state index contributed by atoms with van der Waals surface area (Å²) in [5.41, 5.74) is 1.03. The van der Waals surface area contributed by atoms with Gasteiger partial charge in [-0.2, -0.15) is 4.98 Å². The number of piperidine rings is 1. The quantitative estimate of drug-likeness (QED) is 0.359. The van der Waals surface area contributed by atoms with Crippen molar-refractivity contribution in [2.45, 2.75) is 64.8 Å². The van der Waals surface area contributed by atoms with Crippen molar-refractivity contribution in [1.82, 2.24) is 24.8 Å². The minimum Gasteiger partial charge on any atom is -0.353 e. The van der Waals surface area contributed by atoms with Gasteiger partial charge in [0, 0.05) is 25.3 Å². The molecule has 2 aliphatic heterocycles. The highest BCUT2D eigenvalue weighted by atomic mass is 19.1. The number of aryl methyl sites for hydroxylation is 1. The molecular formula is C31H32F2N6O2. The van der Waals surface area contributed by atoms with Crippen molar-refractivity contribution in [3.63, 3.8) is 0 Å². The summed E-state index contributed by atoms with van der Waals surface area (Å²) in [4.78, 5) is 43.1. The van der Waals surface area contributed by atoms with Gasteiger partial charge < -0.3 is 10.2 Å². The van der Waals surface area contributed by atoms with Crippen LogP contribution < -0.4 is 15.9 Å². The Kier molecular flexibility index (Phi) is 7.01. The maximum atomic E-state index is 16.1. The zero-order valence-corrected chi connectivity index (χ0v) is 23.4. The van der Waals surface area contributed by atoms with Gasteiger partial charge in [0.1, 0.15) is 17.3 Å². The Morgan fingerprint density at radius 2 is 1.88 bits per heavy atom. The van der Waals surface area contributed by atoms with E-state index in [1.165, 1.54) is 28.8 Å². The second-order valence-electron chi connectivity index (χ2n) is 11.2. The van der Waals surface area contributed by atoms with Crippen LogP contribution in [0.5, 0.6) is 0 Å². The van der Waals surface area contributed by atoms with E-state index in [1.54, 1.807) is 6.20 Å². The summed E-state index contributed by atoms with van der Waals surface area (Å²) in [6.07, 6.45) is 5.68. The molecule has 212 valence electrons. The third kappa shape index (κ3) is 4.65. The molecule has 10 heteroatoms. The van der Waals surface area contributed by atoms with Crippen LogP contribution in [0.2, 0.25) is 0 Å². The van der Waals surface area contributed by atoms with E-state index < -0.39 is 23.2 Å². The van der Waals surface area contributed by atoms with Crippen molar-refractivity contribution in [3.8, 4) is 16.9 Å². The normalized spacial score (nSPS) is 17.5. The Bertz CT molecular complexity index is 1730. The van der Waals surface area contributed by atoms with Gasteiger partial charge in [-0.3, -0.25) is 9.78 Å². The van der Waals surface area contributed by atoms with Crippen LogP contribution in [0.3, 0.4) is 0 Å². The molecule has 1 aromatic carbocycles. The lowest BCUT2D eigenvalue weighted by atomic mass is 10.0. The molecule has 8 nitrogen and oxygen atoms in total. The van der Waals surface area contributed by atoms with Crippen LogP contribution in [0.15, 0.2) is 41.3 Å². The van der Waals surface area contributed by atoms with Crippen LogP contribution in [0.1, 0.15) is 74.0 Å². The van der Waals surface area contributed by atoms with Gasteiger partial charge in [0.25, 0.3) is 5.91 Å². The van der Waals surface area contributed by atoms with Gasteiger partial charge in [0.05, 0.1) is 27.9 Å². The first-order valence-electron chi connectivity index (χ1n) is 14.2. The van der Waals surface area contributed by atoms with Crippen molar-refractivity contribution in [2.75, 3.05) is 18.0 Å². The number of nitrogens with zero attached hydrogens (tertiary/aromatic N) is 5. The van der Waals surface area contributed by atoms with Gasteiger partial charge in [0.15, 0.2) is 11.5 Å². The van der Waals surface area contributed by atoms with Crippen molar-refractivity contribution in [1.29, 1.82) is 0 Å². The number of nitrogens with one attached hydrogen (secondary N) is 1. The highest BCUT2D eigenvalue weighted by Crippen LogP contribution is 2.36. The molecule has 1 N–H and O–H groups in total. The fourth-order valence-corrected chi connectivity index (χ4v) is 6.04. The lowest BCUT2D eigenvalue weighted by Gasteiger charge is -2.35. The summed E-state index contributed by atoms with van der Waals surface area (Å²) >= 11 is 0. The monoisotopic (exact) mass is 558 g/mol. The van der Waals surface area contributed by atoms with E-state index in [0.717, 1.165) is 24.8 Å². The van der Waals surface area contributed by atoms with Crippen LogP contribution in [0.4, 0.5) is 14.6 Å². The Morgan fingerprint density at radius 1 is 1.05 bits per heavy atom. The van der Waals surface area contributed by atoms with Gasteiger partial charge >= 0.3 is 5.69 Å². The summed E-state index contributed by atoms with van der Waals surface area (Å²) in [7, 11) is 0. The maximum Gasteiger partial charge on any atom is 0.355 e. The zero-order chi connectivity index (χ0) is 28.8. The van der Waals surface area contributed by atoms with Crippen molar-refractivity contribution < 1.29 is 13.6 Å². The molecule has 2 bridgehead atoms. The maximum absolute atomic E-state index is 16.1. The molecule has 6 rings (SSSR count). The number of hydrogen-bond donors (Lipinski definition) is 1. The van der Waals surface area contributed by atoms with Crippen molar-refractivity contribution >= 4 is 22.8 Å². The lowest BCUT2D eigenvalue weighted by Crippen LogP contribution is -2.40. The Hall–Kier alpha value is -4.21. The van der Waals surface area contributed by atoms with E-state index in [9.17, 15) is 9.59 Å². The van der Waals surface area contributed by atoms with Crippen LogP contribution >= 0.6 is 0 Å². The summed E-state index contributed by atoms with van der Waals surface area (Å²) in [5, 5.41) is 3.18. The first-order valence-corrected chi connectivity index (χ1v) is 14.2. The second-order valence-corrected chi connectivity index (χ2v) is 11.2. The van der Waals surface area contributed by atoms with Gasteiger partial charge in [0.2, 0.25) is 0 Å². The third-order valence-corrected chi connectivity index (χ3v) is 8.09. The largest absolute Gasteiger partial charge is 0.355 e. The number of benzene rings is 1. The van der Waals surface area contributed by atoms with E-state index in [-0.39, 0.29) is 34.4 Å². The number of anilines is 1. The summed E-state index contributed by atoms with van der Waals surface area (Å²) in [6, 6.07) is 7.25. The fourth-order valence-electron chi connectivity index (χ4n) is 6.04. The predicted octanol–water partition coefficient (Wildman–Crippen LogP) is 5.30. The summed E-state index contributed by atoms with van der Waals surface area (Å²) in [5.74, 6) is -1.80. The molecule has 0 unspecified atom stereocenters. The number of rotatable bonds is 2. The van der Waals surface area contributed by atoms with Crippen molar-refractivity contribution in [2.24, 2.45) is 0 Å². The summed E-state index contributed by atoms with van der Waals surface area (Å²) < 4.78 is 32.9. The van der Waals surface area contributed by atoms with E-state index in [4.69, 9.17) is 0 Å². The molecule has 0 aliphatic carbocycles. The molecule has 1 saturated heterocycles. The number of hydrogen-bond acceptors (Lipinski definition) is 6. The molecule has 0 saturated carbocycles. The van der Waals surface area contributed by atoms with Gasteiger partial charge in [-0.05, 0) is 74.8 Å². The van der Waals surface area contributed by atoms with Crippen LogP contribution in [-0.2, 0) is 6.42 Å². The topological polar surface area (TPSA) is 93.0 Å². The minimum absolute atomic E-state index is 0.0233. The molecule has 41 heavy (non-hydrogen) atoms. The number of halogens is 2. The number of pyridine rings is 2. The fraction of sp³-hybridized carbons (Fsp3) is 0.387. The number of carbonyl (C=O) groups excluding carboxylic acids is 1. The number of amides is 1. The molecular weight excluding hydrogens is 526 g/mol. The number of carbonyl (C=O) groups is 1. The first kappa shape index (κ1) is 27.0. The molecule has 2 aliphatic rings. The molecule has 4 aromatic rings. The van der Waals surface area contributed by atoms with Gasteiger partial charge in [-0.15, -0.1) is 0 Å². The molecule has 3 aromatic heterocycles. The molecule has 1 amide bonds. The Balaban J connectivity index is 1.78. The predicted molar refractivity (Wildman–Crippen MR) is 154 cm³/mol. The Morgan fingerprint density at radius 3 is 2.66 bits per heavy atom. The number of fused-ring (bicyclic) bond motifs is 5. The molecule has 5 heterocycles. The van der Waals surface area contributed by atoms with Crippen LogP contribution in [0.25, 0.3) is 28.0 Å². The SMILES string of the molecule is CC(C)c1nccc2c1-n1c(=O)nc(N3CCCC[C@@H]3C)c3cc(F)c(nc31)-c1c(F)cccc1C(=O)NCCC2. The van der Waals surface area contributed by atoms with E-state index in [2.05, 4.69) is 27.2 Å². The minimum atomic E-state index is -0.806. The number of aromatic nitrogens is 4. The van der Waals surface area contributed by atoms with Gasteiger partial charge in [-0.25, -0.2) is 23.1 Å². The van der Waals surface area contributed by atoms with E-state index in [0.29, 0.717) is 48.5 Å². The standard InChI is InChI=1S/C31H32F2N6O2/c1-17(2)25-27-19(12-14-34-25)9-7-13-35-30(40)20-10-6-11-22(32)24(20)26-23(33)16-21-28(38-15-5-4-8-18(38)3)37-31(41)39(27)29(21)36-26/h6,10-12,14,16-18H,4-5,7-9,13,15H2,1-3H3,(H,35,40)/t18-/m0/s1. The van der Waals surface area contributed by atoms with Crippen LogP contribution in [-0.4, -0.2) is 44.6 Å². The molecule has 0 spiro atoms. The van der Waals surface area contributed by atoms with E-state index in [1.807, 2.05) is 24.8 Å². The zero-order valence-electron chi connectivity index (χ0n) is 23.4. The smallest absolute Gasteiger partial charge is 0.353 e. The van der Waals surface area contributed by atoms with E-state index >= 15 is 8.78 Å². The molecule has 1 atom stereocenters. The third-order valence-electron chi connectivity index (χ3n) is 8.09. The summed E-state index contributed by atoms with van der Waals surface area (Å²) in [6.45, 7) is 7.00. The van der Waals surface area contributed by atoms with Crippen molar-refractivity contribution in [3.05, 3.63) is 75.5 Å².